The lowest BCUT2D eigenvalue weighted by Gasteiger charge is -2.38. The molecule has 0 aliphatic heterocycles. The van der Waals surface area contributed by atoms with E-state index in [0.717, 1.165) is 17.5 Å². The molecule has 0 unspecified atom stereocenters. The lowest BCUT2D eigenvalue weighted by atomic mass is 9.78. The fourth-order valence-electron chi connectivity index (χ4n) is 2.28. The van der Waals surface area contributed by atoms with Gasteiger partial charge >= 0.3 is 0 Å². The number of nitrogens with zero attached hydrogens (tertiary/aromatic N) is 1. The van der Waals surface area contributed by atoms with Crippen LogP contribution in [0, 0.1) is 5.92 Å². The molecule has 0 bridgehead atoms. The highest BCUT2D eigenvalue weighted by Crippen LogP contribution is 2.33. The van der Waals surface area contributed by atoms with E-state index in [-0.39, 0.29) is 5.54 Å². The molecule has 90 valence electrons. The Hall–Kier alpha value is -0.120. The van der Waals surface area contributed by atoms with Gasteiger partial charge in [-0.05, 0) is 31.6 Å². The van der Waals surface area contributed by atoms with Gasteiger partial charge in [0.2, 0.25) is 0 Å². The molecule has 4 heteroatoms. The van der Waals surface area contributed by atoms with Crippen molar-refractivity contribution in [3.05, 3.63) is 16.6 Å². The predicted molar refractivity (Wildman–Crippen MR) is 70.0 cm³/mol. The highest BCUT2D eigenvalue weighted by atomic mass is 35.5. The van der Waals surface area contributed by atoms with Crippen LogP contribution in [0.5, 0.6) is 0 Å². The summed E-state index contributed by atoms with van der Waals surface area (Å²) >= 11 is 7.85. The zero-order chi connectivity index (χ0) is 11.4. The molecule has 0 aromatic carbocycles. The molecular weight excluding hydrogens is 240 g/mol. The number of halogens is 1. The number of thiazole rings is 1. The molecule has 1 aromatic rings. The molecule has 16 heavy (non-hydrogen) atoms. The van der Waals surface area contributed by atoms with Crippen LogP contribution in [0.1, 0.15) is 37.6 Å². The minimum absolute atomic E-state index is 0.153. The second-order valence-corrected chi connectivity index (χ2v) is 6.12. The van der Waals surface area contributed by atoms with Gasteiger partial charge in [0.05, 0.1) is 0 Å². The van der Waals surface area contributed by atoms with Crippen molar-refractivity contribution in [2.75, 3.05) is 5.88 Å². The predicted octanol–water partition coefficient (Wildman–Crippen LogP) is 3.42. The van der Waals surface area contributed by atoms with E-state index in [4.69, 9.17) is 11.6 Å². The van der Waals surface area contributed by atoms with Crippen LogP contribution >= 0.6 is 22.9 Å². The summed E-state index contributed by atoms with van der Waals surface area (Å²) in [6.07, 6.45) is 6.83. The zero-order valence-corrected chi connectivity index (χ0v) is 11.3. The largest absolute Gasteiger partial charge is 0.304 e. The van der Waals surface area contributed by atoms with Crippen molar-refractivity contribution in [1.29, 1.82) is 0 Å². The van der Waals surface area contributed by atoms with Crippen LogP contribution in [0.2, 0.25) is 0 Å². The van der Waals surface area contributed by atoms with Crippen LogP contribution in [-0.2, 0) is 6.54 Å². The number of hydrogen-bond donors (Lipinski definition) is 1. The average molecular weight is 259 g/mol. The first kappa shape index (κ1) is 12.3. The van der Waals surface area contributed by atoms with E-state index in [0.29, 0.717) is 5.88 Å². The second-order valence-electron chi connectivity index (χ2n) is 4.88. The molecule has 1 N–H and O–H groups in total. The van der Waals surface area contributed by atoms with E-state index in [1.165, 1.54) is 25.7 Å². The van der Waals surface area contributed by atoms with E-state index in [1.54, 1.807) is 11.3 Å². The number of nitrogens with one attached hydrogen (secondary N) is 1. The van der Waals surface area contributed by atoms with Crippen molar-refractivity contribution in [1.82, 2.24) is 10.3 Å². The molecule has 2 rings (SSSR count). The van der Waals surface area contributed by atoms with E-state index in [9.17, 15) is 0 Å². The van der Waals surface area contributed by atoms with Crippen molar-refractivity contribution in [3.63, 3.8) is 0 Å². The van der Waals surface area contributed by atoms with Gasteiger partial charge in [0.1, 0.15) is 5.01 Å². The topological polar surface area (TPSA) is 24.9 Å². The second kappa shape index (κ2) is 5.48. The van der Waals surface area contributed by atoms with Crippen LogP contribution in [-0.4, -0.2) is 16.4 Å². The molecule has 1 fully saturated rings. The van der Waals surface area contributed by atoms with Crippen molar-refractivity contribution in [2.24, 2.45) is 5.92 Å². The summed E-state index contributed by atoms with van der Waals surface area (Å²) in [5.74, 6) is 1.57. The van der Waals surface area contributed by atoms with Gasteiger partial charge in [-0.15, -0.1) is 22.9 Å². The van der Waals surface area contributed by atoms with Gasteiger partial charge in [0.25, 0.3) is 0 Å². The summed E-state index contributed by atoms with van der Waals surface area (Å²) in [4.78, 5) is 4.29. The standard InChI is InChI=1S/C12H19ClN2S/c1-10-2-4-12(9-13,5-3-10)15-8-11-14-6-7-16-11/h6-7,10,15H,2-5,8-9H2,1H3. The SMILES string of the molecule is CC1CCC(CCl)(NCc2nccs2)CC1. The highest BCUT2D eigenvalue weighted by Gasteiger charge is 2.32. The molecule has 0 atom stereocenters. The van der Waals surface area contributed by atoms with Crippen LogP contribution in [0.15, 0.2) is 11.6 Å². The Kier molecular flexibility index (Phi) is 4.22. The Morgan fingerprint density at radius 2 is 2.31 bits per heavy atom. The van der Waals surface area contributed by atoms with Crippen molar-refractivity contribution >= 4 is 22.9 Å². The van der Waals surface area contributed by atoms with Gasteiger partial charge in [0, 0.05) is 29.5 Å². The fraction of sp³-hybridized carbons (Fsp3) is 0.750. The van der Waals surface area contributed by atoms with Gasteiger partial charge in [-0.25, -0.2) is 4.98 Å². The Bertz CT molecular complexity index is 305. The van der Waals surface area contributed by atoms with Crippen LogP contribution in [0.4, 0.5) is 0 Å². The summed E-state index contributed by atoms with van der Waals surface area (Å²) in [5, 5.41) is 6.80. The molecule has 1 aromatic heterocycles. The summed E-state index contributed by atoms with van der Waals surface area (Å²) in [5.41, 5.74) is 0.153. The number of hydrogen-bond acceptors (Lipinski definition) is 3. The first-order valence-electron chi connectivity index (χ1n) is 5.93. The van der Waals surface area contributed by atoms with E-state index < -0.39 is 0 Å². The normalized spacial score (nSPS) is 30.5. The number of aromatic nitrogens is 1. The van der Waals surface area contributed by atoms with Gasteiger partial charge in [0.15, 0.2) is 0 Å². The summed E-state index contributed by atoms with van der Waals surface area (Å²) in [6, 6.07) is 0. The van der Waals surface area contributed by atoms with Crippen LogP contribution in [0.3, 0.4) is 0 Å². The first-order chi connectivity index (χ1) is 7.74. The Morgan fingerprint density at radius 1 is 1.56 bits per heavy atom. The molecule has 1 heterocycles. The summed E-state index contributed by atoms with van der Waals surface area (Å²) in [7, 11) is 0. The van der Waals surface area contributed by atoms with Gasteiger partial charge in [-0.2, -0.15) is 0 Å². The quantitative estimate of drug-likeness (QED) is 0.837. The number of rotatable bonds is 4. The summed E-state index contributed by atoms with van der Waals surface area (Å²) in [6.45, 7) is 3.19. The third-order valence-electron chi connectivity index (χ3n) is 3.59. The molecule has 1 aliphatic carbocycles. The van der Waals surface area contributed by atoms with E-state index in [1.807, 2.05) is 11.6 Å². The maximum absolute atomic E-state index is 6.15. The molecule has 0 radical (unpaired) electrons. The van der Waals surface area contributed by atoms with Gasteiger partial charge < -0.3 is 5.32 Å². The molecular formula is C12H19ClN2S. The fourth-order valence-corrected chi connectivity index (χ4v) is 3.19. The minimum atomic E-state index is 0.153. The summed E-state index contributed by atoms with van der Waals surface area (Å²) < 4.78 is 0. The lowest BCUT2D eigenvalue weighted by Crippen LogP contribution is -2.49. The van der Waals surface area contributed by atoms with Crippen molar-refractivity contribution < 1.29 is 0 Å². The van der Waals surface area contributed by atoms with E-state index in [2.05, 4.69) is 17.2 Å². The van der Waals surface area contributed by atoms with Crippen LogP contribution in [0.25, 0.3) is 0 Å². The third-order valence-corrected chi connectivity index (χ3v) is 4.88. The maximum atomic E-state index is 6.15. The monoisotopic (exact) mass is 258 g/mol. The average Bonchev–Trinajstić information content (AvgIpc) is 2.82. The third kappa shape index (κ3) is 2.96. The minimum Gasteiger partial charge on any atom is -0.304 e. The lowest BCUT2D eigenvalue weighted by molar-refractivity contribution is 0.216. The highest BCUT2D eigenvalue weighted by molar-refractivity contribution is 7.09. The number of alkyl halides is 1. The maximum Gasteiger partial charge on any atom is 0.106 e. The van der Waals surface area contributed by atoms with Gasteiger partial charge in [-0.3, -0.25) is 0 Å². The zero-order valence-electron chi connectivity index (χ0n) is 9.71. The smallest absolute Gasteiger partial charge is 0.106 e. The van der Waals surface area contributed by atoms with Crippen molar-refractivity contribution in [3.8, 4) is 0 Å². The van der Waals surface area contributed by atoms with E-state index >= 15 is 0 Å². The van der Waals surface area contributed by atoms with Crippen molar-refractivity contribution in [2.45, 2.75) is 44.7 Å². The first-order valence-corrected chi connectivity index (χ1v) is 7.35. The Labute approximate surface area is 106 Å². The molecule has 0 amide bonds. The Morgan fingerprint density at radius 3 is 2.88 bits per heavy atom. The molecule has 0 saturated heterocycles. The Balaban J connectivity index is 1.89. The molecule has 2 nitrogen and oxygen atoms in total. The molecule has 1 saturated carbocycles. The van der Waals surface area contributed by atoms with Crippen LogP contribution < -0.4 is 5.32 Å². The molecule has 1 aliphatic rings. The molecule has 0 spiro atoms. The van der Waals surface area contributed by atoms with Gasteiger partial charge in [-0.1, -0.05) is 6.92 Å².